The Bertz CT molecular complexity index is 1260. The van der Waals surface area contributed by atoms with Crippen molar-refractivity contribution in [3.05, 3.63) is 59.7 Å². The Morgan fingerprint density at radius 2 is 1.77 bits per heavy atom. The highest BCUT2D eigenvalue weighted by Crippen LogP contribution is 2.32. The quantitative estimate of drug-likeness (QED) is 0.434. The SMILES string of the molecule is CCC(C(=O)NC1CCCC1)N(Cc1cccc(OC)c1)C(=O)CN(c1cccc(C(F)(F)F)c1)S(C)(=O)=O. The number of methoxy groups -OCH3 is 1. The third-order valence-corrected chi connectivity index (χ3v) is 7.86. The monoisotopic (exact) mass is 569 g/mol. The van der Waals surface area contributed by atoms with Crippen LogP contribution < -0.4 is 14.4 Å². The summed E-state index contributed by atoms with van der Waals surface area (Å²) in [5.74, 6) is -0.551. The molecule has 1 atom stereocenters. The summed E-state index contributed by atoms with van der Waals surface area (Å²) >= 11 is 0. The van der Waals surface area contributed by atoms with E-state index in [9.17, 15) is 31.2 Å². The number of carbonyl (C=O) groups is 2. The Kier molecular flexibility index (Phi) is 9.87. The normalized spacial score (nSPS) is 15.0. The first-order valence-electron chi connectivity index (χ1n) is 12.7. The molecule has 1 fully saturated rings. The van der Waals surface area contributed by atoms with E-state index in [1.807, 2.05) is 0 Å². The van der Waals surface area contributed by atoms with Crippen LogP contribution in [0.5, 0.6) is 5.75 Å². The summed E-state index contributed by atoms with van der Waals surface area (Å²) in [7, 11) is -2.67. The van der Waals surface area contributed by atoms with Crippen LogP contribution in [0.15, 0.2) is 48.5 Å². The maximum Gasteiger partial charge on any atom is 0.416 e. The van der Waals surface area contributed by atoms with Crippen LogP contribution in [0.25, 0.3) is 0 Å². The number of hydrogen-bond donors (Lipinski definition) is 1. The highest BCUT2D eigenvalue weighted by atomic mass is 32.2. The molecule has 0 saturated heterocycles. The molecule has 0 heterocycles. The molecule has 2 amide bonds. The molecule has 0 aliphatic heterocycles. The zero-order valence-electron chi connectivity index (χ0n) is 22.2. The fraction of sp³-hybridized carbons (Fsp3) is 0.481. The average Bonchev–Trinajstić information content (AvgIpc) is 3.39. The largest absolute Gasteiger partial charge is 0.497 e. The Morgan fingerprint density at radius 3 is 2.36 bits per heavy atom. The molecule has 214 valence electrons. The van der Waals surface area contributed by atoms with Gasteiger partial charge in [0, 0.05) is 12.6 Å². The Labute approximate surface area is 227 Å². The van der Waals surface area contributed by atoms with E-state index in [0.717, 1.165) is 44.1 Å². The Balaban J connectivity index is 1.97. The summed E-state index contributed by atoms with van der Waals surface area (Å²) in [5, 5.41) is 3.00. The van der Waals surface area contributed by atoms with Crippen molar-refractivity contribution in [2.24, 2.45) is 0 Å². The van der Waals surface area contributed by atoms with Gasteiger partial charge in [0.25, 0.3) is 0 Å². The second-order valence-electron chi connectivity index (χ2n) is 9.60. The van der Waals surface area contributed by atoms with Crippen molar-refractivity contribution >= 4 is 27.5 Å². The van der Waals surface area contributed by atoms with Crippen LogP contribution in [0.1, 0.15) is 50.2 Å². The van der Waals surface area contributed by atoms with E-state index in [1.54, 1.807) is 31.2 Å². The molecular formula is C27H34F3N3O5S. The van der Waals surface area contributed by atoms with Gasteiger partial charge in [-0.25, -0.2) is 8.42 Å². The van der Waals surface area contributed by atoms with Crippen molar-refractivity contribution in [2.45, 2.75) is 63.8 Å². The van der Waals surface area contributed by atoms with Crippen molar-refractivity contribution in [1.29, 1.82) is 0 Å². The molecule has 1 aliphatic rings. The zero-order chi connectivity index (χ0) is 28.8. The molecule has 1 saturated carbocycles. The summed E-state index contributed by atoms with van der Waals surface area (Å²) in [6, 6.07) is 9.74. The lowest BCUT2D eigenvalue weighted by Crippen LogP contribution is -2.53. The van der Waals surface area contributed by atoms with Gasteiger partial charge in [0.1, 0.15) is 18.3 Å². The fourth-order valence-electron chi connectivity index (χ4n) is 4.71. The third-order valence-electron chi connectivity index (χ3n) is 6.72. The highest BCUT2D eigenvalue weighted by molar-refractivity contribution is 7.92. The molecule has 12 heteroatoms. The second kappa shape index (κ2) is 12.7. The molecule has 1 aliphatic carbocycles. The number of amides is 2. The van der Waals surface area contributed by atoms with Crippen LogP contribution in [0, 0.1) is 0 Å². The van der Waals surface area contributed by atoms with Gasteiger partial charge in [0.2, 0.25) is 21.8 Å². The molecule has 39 heavy (non-hydrogen) atoms. The van der Waals surface area contributed by atoms with Crippen molar-refractivity contribution in [3.63, 3.8) is 0 Å². The predicted octanol–water partition coefficient (Wildman–Crippen LogP) is 4.35. The number of rotatable bonds is 11. The van der Waals surface area contributed by atoms with Gasteiger partial charge in [-0.05, 0) is 55.2 Å². The van der Waals surface area contributed by atoms with Gasteiger partial charge < -0.3 is 15.0 Å². The molecule has 8 nitrogen and oxygen atoms in total. The van der Waals surface area contributed by atoms with Gasteiger partial charge in [-0.2, -0.15) is 13.2 Å². The van der Waals surface area contributed by atoms with E-state index in [1.165, 1.54) is 18.1 Å². The number of carbonyl (C=O) groups excluding carboxylic acids is 2. The van der Waals surface area contributed by atoms with Crippen molar-refractivity contribution in [2.75, 3.05) is 24.2 Å². The van der Waals surface area contributed by atoms with Gasteiger partial charge in [-0.15, -0.1) is 0 Å². The van der Waals surface area contributed by atoms with E-state index in [4.69, 9.17) is 4.74 Å². The standard InChI is InChI=1S/C27H34F3N3O5S/c1-4-24(26(35)31-21-11-5-6-12-21)32(17-19-9-7-14-23(15-19)38-2)25(34)18-33(39(3,36)37)22-13-8-10-20(16-22)27(28,29)30/h7-10,13-16,21,24H,4-6,11-12,17-18H2,1-3H3,(H,31,35). The molecule has 0 radical (unpaired) electrons. The Hall–Kier alpha value is -3.28. The van der Waals surface area contributed by atoms with Crippen LogP contribution in [0.4, 0.5) is 18.9 Å². The highest BCUT2D eigenvalue weighted by Gasteiger charge is 2.35. The van der Waals surface area contributed by atoms with Gasteiger partial charge >= 0.3 is 6.18 Å². The smallest absolute Gasteiger partial charge is 0.416 e. The van der Waals surface area contributed by atoms with Crippen LogP contribution in [-0.2, 0) is 32.3 Å². The van der Waals surface area contributed by atoms with Gasteiger partial charge in [0.15, 0.2) is 0 Å². The Morgan fingerprint density at radius 1 is 1.10 bits per heavy atom. The van der Waals surface area contributed by atoms with Crippen LogP contribution in [0.3, 0.4) is 0 Å². The number of ether oxygens (including phenoxy) is 1. The number of anilines is 1. The first-order chi connectivity index (χ1) is 18.3. The summed E-state index contributed by atoms with van der Waals surface area (Å²) in [6.45, 7) is 0.927. The van der Waals surface area contributed by atoms with Crippen molar-refractivity contribution in [3.8, 4) is 5.75 Å². The summed E-state index contributed by atoms with van der Waals surface area (Å²) in [5.41, 5.74) is -0.707. The summed E-state index contributed by atoms with van der Waals surface area (Å²) < 4.78 is 71.2. The van der Waals surface area contributed by atoms with E-state index in [2.05, 4.69) is 5.32 Å². The topological polar surface area (TPSA) is 96.0 Å². The minimum Gasteiger partial charge on any atom is -0.497 e. The lowest BCUT2D eigenvalue weighted by molar-refractivity contribution is -0.140. The van der Waals surface area contributed by atoms with Crippen molar-refractivity contribution in [1.82, 2.24) is 10.2 Å². The first-order valence-corrected chi connectivity index (χ1v) is 14.6. The lowest BCUT2D eigenvalue weighted by atomic mass is 10.1. The summed E-state index contributed by atoms with van der Waals surface area (Å²) in [4.78, 5) is 28.3. The fourth-order valence-corrected chi connectivity index (χ4v) is 5.55. The molecule has 2 aromatic rings. The number of nitrogens with zero attached hydrogens (tertiary/aromatic N) is 2. The predicted molar refractivity (Wildman–Crippen MR) is 142 cm³/mol. The van der Waals surface area contributed by atoms with E-state index < -0.39 is 40.3 Å². The zero-order valence-corrected chi connectivity index (χ0v) is 23.0. The minimum absolute atomic E-state index is 0.00190. The molecule has 1 unspecified atom stereocenters. The van der Waals surface area contributed by atoms with Gasteiger partial charge in [-0.1, -0.05) is 38.0 Å². The number of alkyl halides is 3. The number of halogens is 3. The number of nitrogens with one attached hydrogen (secondary N) is 1. The third kappa shape index (κ3) is 8.11. The summed E-state index contributed by atoms with van der Waals surface area (Å²) in [6.07, 6.45) is 0.0246. The number of sulfonamides is 1. The molecule has 0 bridgehead atoms. The number of benzene rings is 2. The molecular weight excluding hydrogens is 535 g/mol. The van der Waals surface area contributed by atoms with Crippen LogP contribution >= 0.6 is 0 Å². The molecule has 1 N–H and O–H groups in total. The maximum absolute atomic E-state index is 13.7. The molecule has 0 aromatic heterocycles. The van der Waals surface area contributed by atoms with E-state index in [0.29, 0.717) is 21.7 Å². The minimum atomic E-state index is -4.70. The van der Waals surface area contributed by atoms with Crippen LogP contribution in [0.2, 0.25) is 0 Å². The molecule has 0 spiro atoms. The van der Waals surface area contributed by atoms with Gasteiger partial charge in [-0.3, -0.25) is 13.9 Å². The van der Waals surface area contributed by atoms with Crippen LogP contribution in [-0.4, -0.2) is 57.1 Å². The van der Waals surface area contributed by atoms with Gasteiger partial charge in [0.05, 0.1) is 24.6 Å². The van der Waals surface area contributed by atoms with E-state index >= 15 is 0 Å². The van der Waals surface area contributed by atoms with E-state index in [-0.39, 0.29) is 30.6 Å². The average molecular weight is 570 g/mol. The van der Waals surface area contributed by atoms with Crippen molar-refractivity contribution < 1.29 is 35.9 Å². The second-order valence-corrected chi connectivity index (χ2v) is 11.5. The lowest BCUT2D eigenvalue weighted by Gasteiger charge is -2.33. The maximum atomic E-state index is 13.7. The molecule has 2 aromatic carbocycles. The number of hydrogen-bond acceptors (Lipinski definition) is 5. The molecule has 3 rings (SSSR count). The first kappa shape index (κ1) is 30.3.